The molecule has 0 radical (unpaired) electrons. The molecule has 0 saturated heterocycles. The number of aliphatic hydroxyl groups is 4. The summed E-state index contributed by atoms with van der Waals surface area (Å²) >= 11 is 0. The highest BCUT2D eigenvalue weighted by molar-refractivity contribution is 6.06. The molecule has 144 valence electrons. The van der Waals surface area contributed by atoms with Crippen molar-refractivity contribution in [2.24, 2.45) is 0 Å². The number of carboxylic acids is 1. The number of carboxylic acid groups (broad SMARTS) is 1. The van der Waals surface area contributed by atoms with Gasteiger partial charge in [-0.25, -0.2) is 9.59 Å². The molecule has 0 fully saturated rings. The van der Waals surface area contributed by atoms with Crippen LogP contribution < -0.4 is 0 Å². The minimum atomic E-state index is -2.61. The number of carbonyl (C=O) groups is 3. The van der Waals surface area contributed by atoms with Crippen LogP contribution >= 0.6 is 0 Å². The Morgan fingerprint density at radius 2 is 1.50 bits per heavy atom. The van der Waals surface area contributed by atoms with Gasteiger partial charge in [-0.05, 0) is 12.1 Å². The Bertz CT molecular complexity index is 676. The van der Waals surface area contributed by atoms with Gasteiger partial charge in [-0.2, -0.15) is 0 Å². The van der Waals surface area contributed by atoms with Crippen molar-refractivity contribution in [1.82, 2.24) is 0 Å². The molecule has 0 spiro atoms. The molecule has 0 amide bonds. The number of rotatable bonds is 8. The molecule has 12 nitrogen and oxygen atoms in total. The zero-order valence-electron chi connectivity index (χ0n) is 12.9. The van der Waals surface area contributed by atoms with Crippen LogP contribution in [-0.2, 0) is 14.3 Å². The second kappa shape index (κ2) is 8.44. The summed E-state index contributed by atoms with van der Waals surface area (Å²) < 4.78 is 4.39. The first-order valence-corrected chi connectivity index (χ1v) is 6.88. The van der Waals surface area contributed by atoms with Gasteiger partial charge in [0.1, 0.15) is 18.3 Å². The lowest BCUT2D eigenvalue weighted by molar-refractivity contribution is -0.161. The molecule has 1 aromatic carbocycles. The number of aromatic hydroxyl groups is 3. The standard InChI is InChI=1S/C14H16O12/c15-3-7(18)9(20)10(21)11(22)12(13(23)24)26-14(25)4-1-5(16)8(19)6(17)2-4/h1-2,7,9-10,12,15-21H,3H2,(H,23,24)/t7?,9-,10+,12-/m1/s1. The summed E-state index contributed by atoms with van der Waals surface area (Å²) in [5.41, 5.74) is -0.637. The van der Waals surface area contributed by atoms with E-state index >= 15 is 0 Å². The van der Waals surface area contributed by atoms with Gasteiger partial charge >= 0.3 is 11.9 Å². The first-order chi connectivity index (χ1) is 12.0. The number of hydrogen-bond acceptors (Lipinski definition) is 11. The second-order valence-corrected chi connectivity index (χ2v) is 5.07. The van der Waals surface area contributed by atoms with Crippen LogP contribution in [0.25, 0.3) is 0 Å². The van der Waals surface area contributed by atoms with Gasteiger partial charge in [-0.1, -0.05) is 0 Å². The smallest absolute Gasteiger partial charge is 0.353 e. The highest BCUT2D eigenvalue weighted by Gasteiger charge is 2.40. The predicted octanol–water partition coefficient (Wildman–Crippen LogP) is -2.94. The number of ether oxygens (including phenoxy) is 1. The van der Waals surface area contributed by atoms with E-state index in [1.54, 1.807) is 0 Å². The van der Waals surface area contributed by atoms with E-state index in [1.807, 2.05) is 0 Å². The van der Waals surface area contributed by atoms with Crippen molar-refractivity contribution < 1.29 is 60.0 Å². The number of benzene rings is 1. The molecule has 0 aromatic heterocycles. The van der Waals surface area contributed by atoms with Crippen molar-refractivity contribution in [2.45, 2.75) is 24.4 Å². The molecule has 8 N–H and O–H groups in total. The molecule has 4 atom stereocenters. The number of aliphatic hydroxyl groups excluding tert-OH is 4. The number of phenols is 3. The molecule has 26 heavy (non-hydrogen) atoms. The third-order valence-corrected chi connectivity index (χ3v) is 3.21. The highest BCUT2D eigenvalue weighted by Crippen LogP contribution is 2.35. The minimum Gasteiger partial charge on any atom is -0.504 e. The van der Waals surface area contributed by atoms with Crippen LogP contribution in [0.15, 0.2) is 12.1 Å². The molecule has 0 bridgehead atoms. The van der Waals surface area contributed by atoms with Crippen LogP contribution in [0.5, 0.6) is 17.2 Å². The first kappa shape index (κ1) is 21.1. The maximum absolute atomic E-state index is 11.9. The van der Waals surface area contributed by atoms with Crippen LogP contribution in [0.3, 0.4) is 0 Å². The van der Waals surface area contributed by atoms with Crippen molar-refractivity contribution in [3.63, 3.8) is 0 Å². The number of Topliss-reactive ketones (excluding diaryl/α,β-unsaturated/α-hetero) is 1. The molecule has 1 unspecified atom stereocenters. The largest absolute Gasteiger partial charge is 0.504 e. The lowest BCUT2D eigenvalue weighted by Crippen LogP contribution is -2.50. The van der Waals surface area contributed by atoms with E-state index in [2.05, 4.69) is 4.74 Å². The summed E-state index contributed by atoms with van der Waals surface area (Å²) in [6.07, 6.45) is -9.34. The number of carbonyl (C=O) groups excluding carboxylic acids is 2. The quantitative estimate of drug-likeness (QED) is 0.130. The summed E-state index contributed by atoms with van der Waals surface area (Å²) in [7, 11) is 0. The van der Waals surface area contributed by atoms with E-state index in [0.717, 1.165) is 0 Å². The van der Waals surface area contributed by atoms with Gasteiger partial charge in [-0.3, -0.25) is 4.79 Å². The molecule has 0 aliphatic rings. The van der Waals surface area contributed by atoms with Gasteiger partial charge in [0.15, 0.2) is 17.2 Å². The summed E-state index contributed by atoms with van der Waals surface area (Å²) in [4.78, 5) is 34.9. The van der Waals surface area contributed by atoms with E-state index < -0.39 is 71.6 Å². The molecule has 0 saturated carbocycles. The fourth-order valence-electron chi connectivity index (χ4n) is 1.77. The average Bonchev–Trinajstić information content (AvgIpc) is 2.60. The van der Waals surface area contributed by atoms with Crippen molar-refractivity contribution >= 4 is 17.7 Å². The van der Waals surface area contributed by atoms with Crippen LogP contribution in [0, 0.1) is 0 Å². The Morgan fingerprint density at radius 1 is 1.00 bits per heavy atom. The van der Waals surface area contributed by atoms with E-state index in [4.69, 9.17) is 15.3 Å². The van der Waals surface area contributed by atoms with Gasteiger partial charge in [0.05, 0.1) is 12.2 Å². The lowest BCUT2D eigenvalue weighted by atomic mass is 10.0. The van der Waals surface area contributed by atoms with Gasteiger partial charge < -0.3 is 45.6 Å². The van der Waals surface area contributed by atoms with E-state index in [1.165, 1.54) is 0 Å². The van der Waals surface area contributed by atoms with Gasteiger partial charge in [-0.15, -0.1) is 0 Å². The van der Waals surface area contributed by atoms with Gasteiger partial charge in [0, 0.05) is 0 Å². The topological polar surface area (TPSA) is 222 Å². The molecule has 0 aliphatic carbocycles. The zero-order chi connectivity index (χ0) is 20.2. The fourth-order valence-corrected chi connectivity index (χ4v) is 1.77. The van der Waals surface area contributed by atoms with Crippen LogP contribution in [0.2, 0.25) is 0 Å². The fraction of sp³-hybridized carbons (Fsp3) is 0.357. The maximum Gasteiger partial charge on any atom is 0.353 e. The van der Waals surface area contributed by atoms with E-state index in [-0.39, 0.29) is 0 Å². The van der Waals surface area contributed by atoms with E-state index in [9.17, 15) is 39.9 Å². The normalized spacial score (nSPS) is 15.5. The zero-order valence-corrected chi connectivity index (χ0v) is 12.9. The number of esters is 1. The number of hydrogen-bond donors (Lipinski definition) is 8. The van der Waals surface area contributed by atoms with Crippen molar-refractivity contribution in [1.29, 1.82) is 0 Å². The summed E-state index contributed by atoms with van der Waals surface area (Å²) in [6, 6.07) is 1.23. The van der Waals surface area contributed by atoms with Gasteiger partial charge in [0.2, 0.25) is 5.78 Å². The Morgan fingerprint density at radius 3 is 1.92 bits per heavy atom. The monoisotopic (exact) mass is 376 g/mol. The second-order valence-electron chi connectivity index (χ2n) is 5.07. The molecule has 12 heteroatoms. The summed E-state index contributed by atoms with van der Waals surface area (Å²) in [6.45, 7) is -1.05. The van der Waals surface area contributed by atoms with Crippen LogP contribution in [0.1, 0.15) is 10.4 Å². The summed E-state index contributed by atoms with van der Waals surface area (Å²) in [5.74, 6) is -8.09. The molecule has 0 aliphatic heterocycles. The Balaban J connectivity index is 3.03. The highest BCUT2D eigenvalue weighted by atomic mass is 16.6. The third kappa shape index (κ3) is 4.58. The summed E-state index contributed by atoms with van der Waals surface area (Å²) in [5, 5.41) is 73.6. The van der Waals surface area contributed by atoms with Crippen LogP contribution in [0.4, 0.5) is 0 Å². The number of aliphatic carboxylic acids is 1. The Labute approximate surface area is 144 Å². The van der Waals surface area contributed by atoms with Gasteiger partial charge in [0.25, 0.3) is 6.10 Å². The molecular formula is C14H16O12. The number of phenolic OH excluding ortho intramolecular Hbond substituents is 3. The third-order valence-electron chi connectivity index (χ3n) is 3.21. The predicted molar refractivity (Wildman–Crippen MR) is 78.4 cm³/mol. The van der Waals surface area contributed by atoms with Crippen molar-refractivity contribution in [2.75, 3.05) is 6.61 Å². The average molecular weight is 376 g/mol. The minimum absolute atomic E-state index is 0.613. The molecule has 1 aromatic rings. The lowest BCUT2D eigenvalue weighted by Gasteiger charge is -2.22. The Hall–Kier alpha value is -2.93. The number of ketones is 1. The molecule has 1 rings (SSSR count). The molecule has 0 heterocycles. The van der Waals surface area contributed by atoms with Crippen LogP contribution in [-0.4, -0.2) is 89.6 Å². The maximum atomic E-state index is 11.9. The SMILES string of the molecule is O=C(O[C@@H](C(=O)O)C(=O)[C@@H](O)[C@H](O)C(O)CO)c1cc(O)c(O)c(O)c1. The van der Waals surface area contributed by atoms with Crippen molar-refractivity contribution in [3.05, 3.63) is 17.7 Å². The molecular weight excluding hydrogens is 360 g/mol. The first-order valence-electron chi connectivity index (χ1n) is 6.88. The van der Waals surface area contributed by atoms with Crippen molar-refractivity contribution in [3.8, 4) is 17.2 Å². The Kier molecular flexibility index (Phi) is 6.85. The van der Waals surface area contributed by atoms with E-state index in [0.29, 0.717) is 12.1 Å².